The number of aromatic nitrogens is 3. The number of nitrogens with zero attached hydrogens (tertiary/aromatic N) is 3. The van der Waals surface area contributed by atoms with E-state index in [-0.39, 0.29) is 24.0 Å². The number of nitrogens with one attached hydrogen (secondary N) is 1. The van der Waals surface area contributed by atoms with E-state index < -0.39 is 0 Å². The lowest BCUT2D eigenvalue weighted by atomic mass is 10.0. The number of benzene rings is 1. The van der Waals surface area contributed by atoms with E-state index in [1.54, 1.807) is 23.9 Å². The van der Waals surface area contributed by atoms with Gasteiger partial charge in [0.1, 0.15) is 11.5 Å². The first-order chi connectivity index (χ1) is 11.6. The quantitative estimate of drug-likeness (QED) is 0.908. The Morgan fingerprint density at radius 1 is 1.38 bits per heavy atom. The van der Waals surface area contributed by atoms with Gasteiger partial charge in [0.05, 0.1) is 36.2 Å². The molecule has 1 unspecified atom stereocenters. The molecule has 3 atom stereocenters. The molecular weight excluding hydrogens is 311 g/mol. The molecule has 0 amide bonds. The molecule has 1 saturated heterocycles. The minimum atomic E-state index is -0.269. The molecular formula is C17H23FN4O2. The number of ether oxygens (including phenoxy) is 2. The molecule has 0 aliphatic carbocycles. The predicted molar refractivity (Wildman–Crippen MR) is 87.6 cm³/mol. The van der Waals surface area contributed by atoms with Gasteiger partial charge in [-0.3, -0.25) is 0 Å². The fourth-order valence-corrected chi connectivity index (χ4v) is 3.12. The minimum absolute atomic E-state index is 0.00329. The summed E-state index contributed by atoms with van der Waals surface area (Å²) < 4.78 is 25.9. The summed E-state index contributed by atoms with van der Waals surface area (Å²) in [5.41, 5.74) is 2.57. The number of methoxy groups -OCH3 is 1. The van der Waals surface area contributed by atoms with Gasteiger partial charge >= 0.3 is 0 Å². The number of hydrogen-bond acceptors (Lipinski definition) is 5. The Morgan fingerprint density at radius 2 is 2.12 bits per heavy atom. The van der Waals surface area contributed by atoms with Crippen molar-refractivity contribution in [2.45, 2.75) is 38.5 Å². The minimum Gasteiger partial charge on any atom is -0.380 e. The van der Waals surface area contributed by atoms with Gasteiger partial charge in [-0.1, -0.05) is 5.21 Å². The molecule has 6 nitrogen and oxygen atoms in total. The van der Waals surface area contributed by atoms with E-state index in [4.69, 9.17) is 9.47 Å². The van der Waals surface area contributed by atoms with Crippen LogP contribution in [0.1, 0.15) is 30.8 Å². The molecule has 1 N–H and O–H groups in total. The van der Waals surface area contributed by atoms with Crippen molar-refractivity contribution in [2.24, 2.45) is 0 Å². The SMILES string of the molecule is CO[C@@H]1CCOC[C@H]1NC(C)c1nnn(-c2ccc(F)cc2)c1C. The third-order valence-electron chi connectivity index (χ3n) is 4.47. The van der Waals surface area contributed by atoms with Crippen molar-refractivity contribution in [3.05, 3.63) is 41.5 Å². The van der Waals surface area contributed by atoms with Crippen LogP contribution in [0.3, 0.4) is 0 Å². The molecule has 0 spiro atoms. The summed E-state index contributed by atoms with van der Waals surface area (Å²) in [6.45, 7) is 5.36. The van der Waals surface area contributed by atoms with E-state index in [1.165, 1.54) is 12.1 Å². The molecule has 130 valence electrons. The molecule has 3 rings (SSSR count). The fraction of sp³-hybridized carbons (Fsp3) is 0.529. The van der Waals surface area contributed by atoms with Crippen LogP contribution in [0, 0.1) is 12.7 Å². The summed E-state index contributed by atoms with van der Waals surface area (Å²) in [7, 11) is 1.73. The maximum Gasteiger partial charge on any atom is 0.123 e. The van der Waals surface area contributed by atoms with Crippen molar-refractivity contribution < 1.29 is 13.9 Å². The summed E-state index contributed by atoms with van der Waals surface area (Å²) in [4.78, 5) is 0. The van der Waals surface area contributed by atoms with Gasteiger partial charge in [-0.05, 0) is 44.5 Å². The zero-order chi connectivity index (χ0) is 17.1. The first-order valence-electron chi connectivity index (χ1n) is 8.15. The van der Waals surface area contributed by atoms with Gasteiger partial charge in [0.25, 0.3) is 0 Å². The van der Waals surface area contributed by atoms with Gasteiger partial charge in [0, 0.05) is 13.7 Å². The van der Waals surface area contributed by atoms with Crippen LogP contribution in [0.15, 0.2) is 24.3 Å². The predicted octanol–water partition coefficient (Wildman–Crippen LogP) is 2.17. The summed E-state index contributed by atoms with van der Waals surface area (Å²) in [6, 6.07) is 6.34. The highest BCUT2D eigenvalue weighted by molar-refractivity contribution is 5.33. The first kappa shape index (κ1) is 17.0. The largest absolute Gasteiger partial charge is 0.380 e. The van der Waals surface area contributed by atoms with E-state index in [0.717, 1.165) is 30.1 Å². The van der Waals surface area contributed by atoms with Crippen molar-refractivity contribution in [1.29, 1.82) is 0 Å². The average Bonchev–Trinajstić information content (AvgIpc) is 2.98. The number of hydrogen-bond donors (Lipinski definition) is 1. The smallest absolute Gasteiger partial charge is 0.123 e. The van der Waals surface area contributed by atoms with E-state index in [2.05, 4.69) is 15.6 Å². The van der Waals surface area contributed by atoms with Crippen LogP contribution < -0.4 is 5.32 Å². The van der Waals surface area contributed by atoms with Gasteiger partial charge in [-0.15, -0.1) is 5.10 Å². The third kappa shape index (κ3) is 3.48. The molecule has 1 fully saturated rings. The molecule has 2 heterocycles. The normalized spacial score (nSPS) is 22.5. The van der Waals surface area contributed by atoms with Crippen molar-refractivity contribution in [1.82, 2.24) is 20.3 Å². The second-order valence-electron chi connectivity index (χ2n) is 6.08. The lowest BCUT2D eigenvalue weighted by Gasteiger charge is -2.33. The molecule has 0 radical (unpaired) electrons. The average molecular weight is 334 g/mol. The monoisotopic (exact) mass is 334 g/mol. The van der Waals surface area contributed by atoms with E-state index in [0.29, 0.717) is 6.61 Å². The molecule has 7 heteroatoms. The second-order valence-corrected chi connectivity index (χ2v) is 6.08. The molecule has 1 aliphatic heterocycles. The molecule has 0 saturated carbocycles. The number of halogens is 1. The zero-order valence-electron chi connectivity index (χ0n) is 14.2. The van der Waals surface area contributed by atoms with E-state index in [1.807, 2.05) is 13.8 Å². The van der Waals surface area contributed by atoms with Crippen molar-refractivity contribution in [3.8, 4) is 5.69 Å². The highest BCUT2D eigenvalue weighted by atomic mass is 19.1. The van der Waals surface area contributed by atoms with Crippen LogP contribution in [-0.4, -0.2) is 47.5 Å². The summed E-state index contributed by atoms with van der Waals surface area (Å²) >= 11 is 0. The van der Waals surface area contributed by atoms with Crippen LogP contribution in [0.4, 0.5) is 4.39 Å². The lowest BCUT2D eigenvalue weighted by Crippen LogP contribution is -2.48. The van der Waals surface area contributed by atoms with Gasteiger partial charge in [0.15, 0.2) is 0 Å². The summed E-state index contributed by atoms with van der Waals surface area (Å²) in [5.74, 6) is -0.269. The summed E-state index contributed by atoms with van der Waals surface area (Å²) in [6.07, 6.45) is 1.01. The molecule has 24 heavy (non-hydrogen) atoms. The van der Waals surface area contributed by atoms with E-state index in [9.17, 15) is 4.39 Å². The Bertz CT molecular complexity index is 674. The highest BCUT2D eigenvalue weighted by Crippen LogP contribution is 2.20. The van der Waals surface area contributed by atoms with Crippen LogP contribution in [0.25, 0.3) is 5.69 Å². The second kappa shape index (κ2) is 7.38. The standard InChI is InChI=1S/C17H23FN4O2/c1-11(19-15-10-24-9-8-16(15)23-3)17-12(2)22(21-20-17)14-6-4-13(18)5-7-14/h4-7,11,15-16,19H,8-10H2,1-3H3/t11?,15-,16-/m1/s1. The Labute approximate surface area is 141 Å². The maximum atomic E-state index is 13.1. The van der Waals surface area contributed by atoms with Crippen LogP contribution in [-0.2, 0) is 9.47 Å². The Balaban J connectivity index is 1.76. The molecule has 1 aliphatic rings. The zero-order valence-corrected chi connectivity index (χ0v) is 14.2. The van der Waals surface area contributed by atoms with Crippen molar-refractivity contribution in [2.75, 3.05) is 20.3 Å². The van der Waals surface area contributed by atoms with Crippen molar-refractivity contribution in [3.63, 3.8) is 0 Å². The molecule has 0 bridgehead atoms. The van der Waals surface area contributed by atoms with Crippen molar-refractivity contribution >= 4 is 0 Å². The molecule has 1 aromatic heterocycles. The number of rotatable bonds is 5. The maximum absolute atomic E-state index is 13.1. The van der Waals surface area contributed by atoms with Gasteiger partial charge in [-0.2, -0.15) is 0 Å². The van der Waals surface area contributed by atoms with E-state index >= 15 is 0 Å². The first-order valence-corrected chi connectivity index (χ1v) is 8.15. The topological polar surface area (TPSA) is 61.2 Å². The third-order valence-corrected chi connectivity index (χ3v) is 4.47. The lowest BCUT2D eigenvalue weighted by molar-refractivity contribution is -0.0397. The van der Waals surface area contributed by atoms with Crippen LogP contribution in [0.2, 0.25) is 0 Å². The Hall–Kier alpha value is -1.83. The van der Waals surface area contributed by atoms with Crippen LogP contribution >= 0.6 is 0 Å². The molecule has 2 aromatic rings. The Kier molecular flexibility index (Phi) is 5.23. The molecule has 1 aromatic carbocycles. The van der Waals surface area contributed by atoms with Gasteiger partial charge in [0.2, 0.25) is 0 Å². The fourth-order valence-electron chi connectivity index (χ4n) is 3.12. The van der Waals surface area contributed by atoms with Gasteiger partial charge < -0.3 is 14.8 Å². The van der Waals surface area contributed by atoms with Crippen LogP contribution in [0.5, 0.6) is 0 Å². The van der Waals surface area contributed by atoms with Gasteiger partial charge in [-0.25, -0.2) is 9.07 Å². The summed E-state index contributed by atoms with van der Waals surface area (Å²) in [5, 5.41) is 12.0. The highest BCUT2D eigenvalue weighted by Gasteiger charge is 2.28. The Morgan fingerprint density at radius 3 is 2.83 bits per heavy atom.